The van der Waals surface area contributed by atoms with Gasteiger partial charge in [0.05, 0.1) is 6.10 Å². The van der Waals surface area contributed by atoms with Crippen LogP contribution in [0.15, 0.2) is 29.0 Å². The minimum atomic E-state index is -0.701. The molecule has 2 N–H and O–H groups in total. The van der Waals surface area contributed by atoms with Gasteiger partial charge in [-0.2, -0.15) is 11.3 Å². The number of amides is 1. The van der Waals surface area contributed by atoms with Gasteiger partial charge in [-0.05, 0) is 40.9 Å². The van der Waals surface area contributed by atoms with E-state index in [1.807, 2.05) is 23.8 Å². The zero-order valence-electron chi connectivity index (χ0n) is 11.0. The first-order valence-corrected chi connectivity index (χ1v) is 7.57. The van der Waals surface area contributed by atoms with E-state index < -0.39 is 6.10 Å². The first-order valence-electron chi connectivity index (χ1n) is 6.25. The van der Waals surface area contributed by atoms with Crippen molar-refractivity contribution in [3.63, 3.8) is 0 Å². The average Bonchev–Trinajstić information content (AvgIpc) is 2.97. The third-order valence-electron chi connectivity index (χ3n) is 2.86. The smallest absolute Gasteiger partial charge is 0.251 e. The molecule has 4 nitrogen and oxygen atoms in total. The molecule has 0 saturated carbocycles. The van der Waals surface area contributed by atoms with Crippen molar-refractivity contribution in [2.24, 2.45) is 0 Å². The van der Waals surface area contributed by atoms with Crippen molar-refractivity contribution in [2.75, 3.05) is 6.54 Å². The number of aliphatic hydroxyl groups is 1. The van der Waals surface area contributed by atoms with Crippen LogP contribution in [0.2, 0.25) is 5.15 Å². The number of nitrogens with one attached hydrogen (secondary N) is 1. The largest absolute Gasteiger partial charge is 0.387 e. The van der Waals surface area contributed by atoms with Crippen LogP contribution in [-0.4, -0.2) is 22.5 Å². The molecule has 0 bridgehead atoms. The molecule has 0 spiro atoms. The third kappa shape index (κ3) is 3.79. The molecule has 0 fully saturated rings. The zero-order valence-corrected chi connectivity index (χ0v) is 12.5. The fraction of sp³-hybridized carbons (Fsp3) is 0.286. The highest BCUT2D eigenvalue weighted by molar-refractivity contribution is 7.07. The number of halogens is 1. The van der Waals surface area contributed by atoms with E-state index in [1.54, 1.807) is 6.07 Å². The minimum absolute atomic E-state index is 0.164. The number of thiophene rings is 1. The van der Waals surface area contributed by atoms with E-state index in [4.69, 9.17) is 11.6 Å². The maximum Gasteiger partial charge on any atom is 0.251 e. The monoisotopic (exact) mass is 310 g/mol. The topological polar surface area (TPSA) is 62.2 Å². The van der Waals surface area contributed by atoms with Crippen LogP contribution in [0, 0.1) is 0 Å². The van der Waals surface area contributed by atoms with Crippen LogP contribution in [0.25, 0.3) is 0 Å². The highest BCUT2D eigenvalue weighted by Gasteiger charge is 2.12. The molecule has 2 rings (SSSR count). The molecule has 2 aromatic rings. The van der Waals surface area contributed by atoms with Crippen molar-refractivity contribution >= 4 is 28.8 Å². The van der Waals surface area contributed by atoms with Gasteiger partial charge in [-0.1, -0.05) is 18.5 Å². The van der Waals surface area contributed by atoms with Crippen LogP contribution < -0.4 is 5.32 Å². The quantitative estimate of drug-likeness (QED) is 0.835. The van der Waals surface area contributed by atoms with Crippen molar-refractivity contribution < 1.29 is 9.90 Å². The molecule has 1 unspecified atom stereocenters. The predicted molar refractivity (Wildman–Crippen MR) is 80.2 cm³/mol. The van der Waals surface area contributed by atoms with E-state index in [0.29, 0.717) is 17.1 Å². The van der Waals surface area contributed by atoms with Crippen molar-refractivity contribution in [3.8, 4) is 0 Å². The number of aromatic nitrogens is 1. The summed E-state index contributed by atoms with van der Waals surface area (Å²) < 4.78 is 0. The molecule has 2 heterocycles. The Morgan fingerprint density at radius 1 is 1.55 bits per heavy atom. The van der Waals surface area contributed by atoms with Crippen LogP contribution in [0.5, 0.6) is 0 Å². The molecule has 0 saturated heterocycles. The van der Waals surface area contributed by atoms with E-state index in [9.17, 15) is 9.90 Å². The van der Waals surface area contributed by atoms with Gasteiger partial charge in [0.25, 0.3) is 5.91 Å². The Kier molecular flexibility index (Phi) is 5.11. The van der Waals surface area contributed by atoms with Crippen molar-refractivity contribution in [2.45, 2.75) is 19.4 Å². The number of carbonyl (C=O) groups is 1. The van der Waals surface area contributed by atoms with Crippen molar-refractivity contribution in [1.29, 1.82) is 0 Å². The van der Waals surface area contributed by atoms with E-state index in [2.05, 4.69) is 10.3 Å². The average molecular weight is 311 g/mol. The van der Waals surface area contributed by atoms with Gasteiger partial charge in [-0.3, -0.25) is 4.79 Å². The predicted octanol–water partition coefficient (Wildman–Crippen LogP) is 2.82. The van der Waals surface area contributed by atoms with E-state index in [-0.39, 0.29) is 12.5 Å². The van der Waals surface area contributed by atoms with Gasteiger partial charge in [0.15, 0.2) is 0 Å². The Bertz CT molecular complexity index is 587. The highest BCUT2D eigenvalue weighted by atomic mass is 35.5. The highest BCUT2D eigenvalue weighted by Crippen LogP contribution is 2.16. The lowest BCUT2D eigenvalue weighted by Crippen LogP contribution is -2.28. The van der Waals surface area contributed by atoms with Gasteiger partial charge in [-0.25, -0.2) is 4.98 Å². The first-order chi connectivity index (χ1) is 9.60. The lowest BCUT2D eigenvalue weighted by Gasteiger charge is -2.11. The first kappa shape index (κ1) is 15.0. The van der Waals surface area contributed by atoms with Gasteiger partial charge in [0, 0.05) is 17.8 Å². The molecular weight excluding hydrogens is 296 g/mol. The molecule has 106 valence electrons. The summed E-state index contributed by atoms with van der Waals surface area (Å²) in [4.78, 5) is 16.1. The van der Waals surface area contributed by atoms with Crippen molar-refractivity contribution in [3.05, 3.63) is 50.9 Å². The summed E-state index contributed by atoms with van der Waals surface area (Å²) in [5.41, 5.74) is 2.03. The number of aliphatic hydroxyl groups excluding tert-OH is 1. The number of aryl methyl sites for hydroxylation is 1. The second-order valence-corrected chi connectivity index (χ2v) is 5.47. The molecular formula is C14H15ClN2O2S. The molecule has 2 aromatic heterocycles. The number of carbonyl (C=O) groups excluding carboxylic acids is 1. The second-order valence-electron chi connectivity index (χ2n) is 4.31. The standard InChI is InChI=1S/C14H15ClN2O2S/c1-2-11-5-10(6-13(15)17-11)14(19)16-7-12(18)9-3-4-20-8-9/h3-6,8,12,18H,2,7H2,1H3,(H,16,19). The minimum Gasteiger partial charge on any atom is -0.387 e. The van der Waals surface area contributed by atoms with Gasteiger partial charge < -0.3 is 10.4 Å². The second kappa shape index (κ2) is 6.83. The normalized spacial score (nSPS) is 12.2. The Morgan fingerprint density at radius 3 is 3.00 bits per heavy atom. The summed E-state index contributed by atoms with van der Waals surface area (Å²) in [7, 11) is 0. The molecule has 0 radical (unpaired) electrons. The number of pyridine rings is 1. The molecule has 0 aromatic carbocycles. The fourth-order valence-corrected chi connectivity index (χ4v) is 2.67. The van der Waals surface area contributed by atoms with E-state index >= 15 is 0 Å². The number of hydrogen-bond acceptors (Lipinski definition) is 4. The van der Waals surface area contributed by atoms with Gasteiger partial charge in [0.2, 0.25) is 0 Å². The maximum atomic E-state index is 12.0. The molecule has 1 amide bonds. The van der Waals surface area contributed by atoms with E-state index in [1.165, 1.54) is 17.4 Å². The maximum absolute atomic E-state index is 12.0. The summed E-state index contributed by atoms with van der Waals surface area (Å²) in [5, 5.41) is 16.6. The summed E-state index contributed by atoms with van der Waals surface area (Å²) in [6, 6.07) is 5.06. The molecule has 0 aliphatic heterocycles. The Balaban J connectivity index is 2.00. The Morgan fingerprint density at radius 2 is 2.35 bits per heavy atom. The molecule has 20 heavy (non-hydrogen) atoms. The van der Waals surface area contributed by atoms with Crippen LogP contribution in [-0.2, 0) is 6.42 Å². The number of nitrogens with zero attached hydrogens (tertiary/aromatic N) is 1. The third-order valence-corrected chi connectivity index (χ3v) is 3.75. The summed E-state index contributed by atoms with van der Waals surface area (Å²) >= 11 is 7.38. The van der Waals surface area contributed by atoms with Crippen LogP contribution in [0.4, 0.5) is 0 Å². The molecule has 0 aliphatic rings. The number of rotatable bonds is 5. The van der Waals surface area contributed by atoms with Crippen LogP contribution in [0.3, 0.4) is 0 Å². The summed E-state index contributed by atoms with van der Waals surface area (Å²) in [5.74, 6) is -0.265. The van der Waals surface area contributed by atoms with Gasteiger partial charge >= 0.3 is 0 Å². The van der Waals surface area contributed by atoms with Crippen LogP contribution >= 0.6 is 22.9 Å². The number of hydrogen-bond donors (Lipinski definition) is 2. The molecule has 6 heteroatoms. The van der Waals surface area contributed by atoms with Gasteiger partial charge in [-0.15, -0.1) is 0 Å². The van der Waals surface area contributed by atoms with Crippen LogP contribution in [0.1, 0.15) is 34.6 Å². The lowest BCUT2D eigenvalue weighted by atomic mass is 10.1. The Labute approximate surface area is 126 Å². The molecule has 1 atom stereocenters. The van der Waals surface area contributed by atoms with Gasteiger partial charge in [0.1, 0.15) is 5.15 Å². The molecule has 0 aliphatic carbocycles. The Hall–Kier alpha value is -1.43. The fourth-order valence-electron chi connectivity index (χ4n) is 1.74. The lowest BCUT2D eigenvalue weighted by molar-refractivity contribution is 0.0916. The summed E-state index contributed by atoms with van der Waals surface area (Å²) in [6.07, 6.45) is 0.00593. The van der Waals surface area contributed by atoms with Crippen molar-refractivity contribution in [1.82, 2.24) is 10.3 Å². The zero-order chi connectivity index (χ0) is 14.5. The van der Waals surface area contributed by atoms with E-state index in [0.717, 1.165) is 11.3 Å². The SMILES string of the molecule is CCc1cc(C(=O)NCC(O)c2ccsc2)cc(Cl)n1. The summed E-state index contributed by atoms with van der Waals surface area (Å²) in [6.45, 7) is 2.11.